The third kappa shape index (κ3) is 2.70. The maximum absolute atomic E-state index is 12.2. The molecule has 1 unspecified atom stereocenters. The molecule has 1 aromatic heterocycles. The lowest BCUT2D eigenvalue weighted by Crippen LogP contribution is -2.48. The number of aryl methyl sites for hydroxylation is 1. The van der Waals surface area contributed by atoms with Gasteiger partial charge in [-0.2, -0.15) is 0 Å². The number of rotatable bonds is 4. The normalized spacial score (nSPS) is 20.1. The van der Waals surface area contributed by atoms with Crippen molar-refractivity contribution < 1.29 is 4.74 Å². The van der Waals surface area contributed by atoms with Crippen molar-refractivity contribution in [1.82, 2.24) is 14.9 Å². The van der Waals surface area contributed by atoms with E-state index in [2.05, 4.69) is 10.3 Å². The first kappa shape index (κ1) is 13.0. The highest BCUT2D eigenvalue weighted by Gasteiger charge is 2.23. The fourth-order valence-electron chi connectivity index (χ4n) is 2.16. The van der Waals surface area contributed by atoms with Crippen molar-refractivity contribution in [3.05, 3.63) is 22.7 Å². The summed E-state index contributed by atoms with van der Waals surface area (Å²) in [5, 5.41) is 3.09. The molecule has 1 aliphatic rings. The third-order valence-electron chi connectivity index (χ3n) is 3.11. The number of ether oxygens (including phenoxy) is 1. The smallest absolute Gasteiger partial charge is 0.293 e. The van der Waals surface area contributed by atoms with Gasteiger partial charge in [-0.25, -0.2) is 4.98 Å². The molecule has 2 rings (SSSR count). The van der Waals surface area contributed by atoms with Crippen LogP contribution in [-0.2, 0) is 11.3 Å². The van der Waals surface area contributed by atoms with Crippen LogP contribution in [0.25, 0.3) is 0 Å². The second kappa shape index (κ2) is 5.97. The molecule has 1 aromatic rings. The van der Waals surface area contributed by atoms with Gasteiger partial charge in [0.2, 0.25) is 0 Å². The number of anilines is 1. The van der Waals surface area contributed by atoms with Crippen LogP contribution in [0.5, 0.6) is 0 Å². The predicted molar refractivity (Wildman–Crippen MR) is 70.1 cm³/mol. The number of likely N-dealkylation sites (N-methyl/N-ethyl adjacent to an activating group) is 1. The van der Waals surface area contributed by atoms with Crippen molar-refractivity contribution in [2.24, 2.45) is 0 Å². The molecule has 0 bridgehead atoms. The Morgan fingerprint density at radius 2 is 2.44 bits per heavy atom. The molecule has 0 saturated carbocycles. The van der Waals surface area contributed by atoms with Gasteiger partial charge in [-0.05, 0) is 14.0 Å². The second-order valence-corrected chi connectivity index (χ2v) is 4.34. The Morgan fingerprint density at radius 1 is 1.61 bits per heavy atom. The summed E-state index contributed by atoms with van der Waals surface area (Å²) >= 11 is 0. The molecule has 1 atom stereocenters. The average Bonchev–Trinajstić information content (AvgIpc) is 2.40. The Balaban J connectivity index is 2.18. The van der Waals surface area contributed by atoms with Crippen molar-refractivity contribution >= 4 is 5.82 Å². The van der Waals surface area contributed by atoms with E-state index in [4.69, 9.17) is 4.74 Å². The van der Waals surface area contributed by atoms with Gasteiger partial charge in [0.1, 0.15) is 0 Å². The van der Waals surface area contributed by atoms with E-state index < -0.39 is 0 Å². The lowest BCUT2D eigenvalue weighted by molar-refractivity contribution is 0.0418. The Labute approximate surface area is 107 Å². The highest BCUT2D eigenvalue weighted by molar-refractivity contribution is 5.36. The molecule has 2 heterocycles. The molecular formula is C12H20N4O2. The minimum absolute atomic E-state index is 0.0230. The topological polar surface area (TPSA) is 59.4 Å². The van der Waals surface area contributed by atoms with Gasteiger partial charge >= 0.3 is 0 Å². The Bertz CT molecular complexity index is 444. The van der Waals surface area contributed by atoms with Gasteiger partial charge in [0.25, 0.3) is 5.56 Å². The first-order valence-electron chi connectivity index (χ1n) is 6.32. The molecule has 6 nitrogen and oxygen atoms in total. The number of morpholine rings is 1. The highest BCUT2D eigenvalue weighted by Crippen LogP contribution is 2.10. The van der Waals surface area contributed by atoms with Crippen LogP contribution >= 0.6 is 0 Å². The van der Waals surface area contributed by atoms with E-state index >= 15 is 0 Å². The van der Waals surface area contributed by atoms with Crippen molar-refractivity contribution in [3.63, 3.8) is 0 Å². The lowest BCUT2D eigenvalue weighted by atomic mass is 10.2. The van der Waals surface area contributed by atoms with E-state index in [-0.39, 0.29) is 11.7 Å². The number of hydrogen-bond acceptors (Lipinski definition) is 5. The van der Waals surface area contributed by atoms with Gasteiger partial charge < -0.3 is 19.5 Å². The molecule has 18 heavy (non-hydrogen) atoms. The molecule has 0 spiro atoms. The molecule has 1 fully saturated rings. The zero-order chi connectivity index (χ0) is 13.0. The number of aromatic nitrogens is 2. The van der Waals surface area contributed by atoms with Crippen LogP contribution in [0.15, 0.2) is 17.2 Å². The fraction of sp³-hybridized carbons (Fsp3) is 0.667. The van der Waals surface area contributed by atoms with Crippen LogP contribution in [0.1, 0.15) is 6.92 Å². The van der Waals surface area contributed by atoms with E-state index in [9.17, 15) is 4.79 Å². The zero-order valence-electron chi connectivity index (χ0n) is 10.9. The molecule has 0 amide bonds. The van der Waals surface area contributed by atoms with Crippen LogP contribution in [0.4, 0.5) is 5.82 Å². The predicted octanol–water partition coefficient (Wildman–Crippen LogP) is -0.312. The molecule has 1 saturated heterocycles. The van der Waals surface area contributed by atoms with Gasteiger partial charge in [0.15, 0.2) is 5.82 Å². The van der Waals surface area contributed by atoms with Crippen LogP contribution in [0.2, 0.25) is 0 Å². The standard InChI is InChI=1S/C12H20N4O2/c1-3-15-5-4-14-11(12(15)17)16-6-7-18-10(9-16)8-13-2/h4-5,10,13H,3,6-9H2,1-2H3. The number of hydrogen-bond donors (Lipinski definition) is 1. The molecule has 100 valence electrons. The monoisotopic (exact) mass is 252 g/mol. The largest absolute Gasteiger partial charge is 0.373 e. The van der Waals surface area contributed by atoms with Crippen LogP contribution in [0, 0.1) is 0 Å². The van der Waals surface area contributed by atoms with Crippen LogP contribution in [0.3, 0.4) is 0 Å². The van der Waals surface area contributed by atoms with E-state index in [1.165, 1.54) is 0 Å². The molecule has 0 aromatic carbocycles. The molecule has 1 N–H and O–H groups in total. The van der Waals surface area contributed by atoms with E-state index in [1.54, 1.807) is 17.0 Å². The SMILES string of the molecule is CCn1ccnc(N2CCOC(CNC)C2)c1=O. The van der Waals surface area contributed by atoms with Crippen LogP contribution < -0.4 is 15.8 Å². The highest BCUT2D eigenvalue weighted by atomic mass is 16.5. The first-order valence-corrected chi connectivity index (χ1v) is 6.32. The number of nitrogens with one attached hydrogen (secondary N) is 1. The van der Waals surface area contributed by atoms with E-state index in [0.717, 1.165) is 13.1 Å². The molecular weight excluding hydrogens is 232 g/mol. The molecule has 0 aliphatic carbocycles. The van der Waals surface area contributed by atoms with E-state index in [1.807, 2.05) is 18.9 Å². The summed E-state index contributed by atoms with van der Waals surface area (Å²) in [7, 11) is 1.90. The summed E-state index contributed by atoms with van der Waals surface area (Å²) in [6.45, 7) is 5.46. The minimum Gasteiger partial charge on any atom is -0.373 e. The van der Waals surface area contributed by atoms with Gasteiger partial charge in [-0.15, -0.1) is 0 Å². The summed E-state index contributed by atoms with van der Waals surface area (Å²) < 4.78 is 7.30. The Kier molecular flexibility index (Phi) is 4.33. The van der Waals surface area contributed by atoms with Crippen molar-refractivity contribution in [2.75, 3.05) is 38.2 Å². The molecule has 1 aliphatic heterocycles. The summed E-state index contributed by atoms with van der Waals surface area (Å²) in [4.78, 5) is 18.4. The van der Waals surface area contributed by atoms with Crippen LogP contribution in [-0.4, -0.2) is 48.9 Å². The third-order valence-corrected chi connectivity index (χ3v) is 3.11. The fourth-order valence-corrected chi connectivity index (χ4v) is 2.16. The Morgan fingerprint density at radius 3 is 3.17 bits per heavy atom. The summed E-state index contributed by atoms with van der Waals surface area (Å²) in [6, 6.07) is 0. The first-order chi connectivity index (χ1) is 8.76. The van der Waals surface area contributed by atoms with Crippen molar-refractivity contribution in [1.29, 1.82) is 0 Å². The summed E-state index contributed by atoms with van der Waals surface area (Å²) in [5.41, 5.74) is -0.0230. The second-order valence-electron chi connectivity index (χ2n) is 4.34. The summed E-state index contributed by atoms with van der Waals surface area (Å²) in [5.74, 6) is 0.531. The number of nitrogens with zero attached hydrogens (tertiary/aromatic N) is 3. The minimum atomic E-state index is -0.0230. The van der Waals surface area contributed by atoms with E-state index in [0.29, 0.717) is 25.5 Å². The average molecular weight is 252 g/mol. The maximum atomic E-state index is 12.2. The zero-order valence-corrected chi connectivity index (χ0v) is 10.9. The maximum Gasteiger partial charge on any atom is 0.293 e. The van der Waals surface area contributed by atoms with Gasteiger partial charge in [0.05, 0.1) is 12.7 Å². The molecule has 0 radical (unpaired) electrons. The van der Waals surface area contributed by atoms with Gasteiger partial charge in [-0.3, -0.25) is 4.79 Å². The summed E-state index contributed by atoms with van der Waals surface area (Å²) in [6.07, 6.45) is 3.51. The van der Waals surface area contributed by atoms with Gasteiger partial charge in [-0.1, -0.05) is 0 Å². The van der Waals surface area contributed by atoms with Crippen molar-refractivity contribution in [3.8, 4) is 0 Å². The lowest BCUT2D eigenvalue weighted by Gasteiger charge is -2.33. The quantitative estimate of drug-likeness (QED) is 0.796. The van der Waals surface area contributed by atoms with Crippen molar-refractivity contribution in [2.45, 2.75) is 19.6 Å². The Hall–Kier alpha value is -1.40. The van der Waals surface area contributed by atoms with Gasteiger partial charge in [0, 0.05) is 38.6 Å². The molecule has 6 heteroatoms.